The molecule has 0 radical (unpaired) electrons. The SMILES string of the molecule is CC(O)CNCCNc1ccc(S(=O)(=O)N(C)C)cn1. The highest BCUT2D eigenvalue weighted by atomic mass is 32.2. The van der Waals surface area contributed by atoms with E-state index in [-0.39, 0.29) is 11.0 Å². The number of anilines is 1. The largest absolute Gasteiger partial charge is 0.392 e. The summed E-state index contributed by atoms with van der Waals surface area (Å²) < 4.78 is 24.8. The molecule has 1 aromatic heterocycles. The van der Waals surface area contributed by atoms with Crippen LogP contribution in [-0.2, 0) is 10.0 Å². The molecule has 0 fully saturated rings. The summed E-state index contributed by atoms with van der Waals surface area (Å²) in [6, 6.07) is 3.15. The number of hydrogen-bond acceptors (Lipinski definition) is 6. The standard InChI is InChI=1S/C12H22N4O3S/c1-10(17)8-13-6-7-14-12-5-4-11(9-15-12)20(18,19)16(2)3/h4-5,9-10,13,17H,6-8H2,1-3H3,(H,14,15). The van der Waals surface area contributed by atoms with Gasteiger partial charge in [-0.1, -0.05) is 0 Å². The summed E-state index contributed by atoms with van der Waals surface area (Å²) >= 11 is 0. The first-order valence-corrected chi connectivity index (χ1v) is 7.79. The summed E-state index contributed by atoms with van der Waals surface area (Å²) in [6.07, 6.45) is 0.963. The second-order valence-corrected chi connectivity index (χ2v) is 6.80. The zero-order chi connectivity index (χ0) is 15.2. The van der Waals surface area contributed by atoms with E-state index in [2.05, 4.69) is 15.6 Å². The Morgan fingerprint density at radius 1 is 1.35 bits per heavy atom. The summed E-state index contributed by atoms with van der Waals surface area (Å²) in [5.41, 5.74) is 0. The fourth-order valence-electron chi connectivity index (χ4n) is 1.44. The summed E-state index contributed by atoms with van der Waals surface area (Å²) in [6.45, 7) is 3.57. The fourth-order valence-corrected chi connectivity index (χ4v) is 2.29. The molecule has 0 saturated carbocycles. The first kappa shape index (κ1) is 16.8. The summed E-state index contributed by atoms with van der Waals surface area (Å²) in [5.74, 6) is 0.613. The van der Waals surface area contributed by atoms with Gasteiger partial charge in [-0.15, -0.1) is 0 Å². The van der Waals surface area contributed by atoms with Gasteiger partial charge in [-0.2, -0.15) is 0 Å². The molecule has 8 heteroatoms. The van der Waals surface area contributed by atoms with E-state index in [1.165, 1.54) is 26.4 Å². The predicted octanol–water partition coefficient (Wildman–Crippen LogP) is -0.286. The maximum absolute atomic E-state index is 11.8. The maximum Gasteiger partial charge on any atom is 0.244 e. The average molecular weight is 302 g/mol. The van der Waals surface area contributed by atoms with Crippen LogP contribution in [0.1, 0.15) is 6.92 Å². The molecule has 0 bridgehead atoms. The number of hydrogen-bond donors (Lipinski definition) is 3. The van der Waals surface area contributed by atoms with Gasteiger partial charge in [-0.05, 0) is 19.1 Å². The van der Waals surface area contributed by atoms with Crippen molar-refractivity contribution in [1.82, 2.24) is 14.6 Å². The van der Waals surface area contributed by atoms with E-state index in [4.69, 9.17) is 5.11 Å². The minimum absolute atomic E-state index is 0.167. The maximum atomic E-state index is 11.8. The third-order valence-corrected chi connectivity index (χ3v) is 4.36. The number of nitrogens with one attached hydrogen (secondary N) is 2. The predicted molar refractivity (Wildman–Crippen MR) is 78.2 cm³/mol. The molecule has 1 atom stereocenters. The number of aliphatic hydroxyl groups is 1. The minimum atomic E-state index is -3.43. The molecule has 1 unspecified atom stereocenters. The van der Waals surface area contributed by atoms with Crippen LogP contribution in [0.15, 0.2) is 23.2 Å². The van der Waals surface area contributed by atoms with Gasteiger partial charge in [0.15, 0.2) is 0 Å². The average Bonchev–Trinajstić information content (AvgIpc) is 2.38. The Labute approximate surface area is 120 Å². The first-order chi connectivity index (χ1) is 9.34. The summed E-state index contributed by atoms with van der Waals surface area (Å²) in [5, 5.41) is 15.2. The molecule has 0 aliphatic heterocycles. The molecule has 1 heterocycles. The normalized spacial score (nSPS) is 13.4. The molecule has 0 saturated heterocycles. The van der Waals surface area contributed by atoms with Crippen LogP contribution in [0.4, 0.5) is 5.82 Å². The van der Waals surface area contributed by atoms with Crippen molar-refractivity contribution in [3.63, 3.8) is 0 Å². The van der Waals surface area contributed by atoms with Crippen LogP contribution in [0, 0.1) is 0 Å². The van der Waals surface area contributed by atoms with Crippen molar-refractivity contribution in [3.8, 4) is 0 Å². The van der Waals surface area contributed by atoms with Crippen molar-refractivity contribution in [2.45, 2.75) is 17.9 Å². The van der Waals surface area contributed by atoms with Gasteiger partial charge in [-0.3, -0.25) is 0 Å². The zero-order valence-corrected chi connectivity index (χ0v) is 12.8. The van der Waals surface area contributed by atoms with E-state index in [1.807, 2.05) is 0 Å². The van der Waals surface area contributed by atoms with Gasteiger partial charge in [0.05, 0.1) is 6.10 Å². The van der Waals surface area contributed by atoms with Gasteiger partial charge in [0.25, 0.3) is 0 Å². The lowest BCUT2D eigenvalue weighted by atomic mass is 10.4. The molecule has 20 heavy (non-hydrogen) atoms. The van der Waals surface area contributed by atoms with Crippen molar-refractivity contribution in [2.75, 3.05) is 39.0 Å². The smallest absolute Gasteiger partial charge is 0.244 e. The lowest BCUT2D eigenvalue weighted by Gasteiger charge is -2.12. The van der Waals surface area contributed by atoms with Crippen LogP contribution >= 0.6 is 0 Å². The molecule has 114 valence electrons. The number of sulfonamides is 1. The number of nitrogens with zero attached hydrogens (tertiary/aromatic N) is 2. The molecule has 0 aromatic carbocycles. The van der Waals surface area contributed by atoms with Gasteiger partial charge >= 0.3 is 0 Å². The fraction of sp³-hybridized carbons (Fsp3) is 0.583. The van der Waals surface area contributed by atoms with E-state index in [0.29, 0.717) is 25.5 Å². The highest BCUT2D eigenvalue weighted by Gasteiger charge is 2.17. The van der Waals surface area contributed by atoms with Gasteiger partial charge in [0, 0.05) is 39.9 Å². The van der Waals surface area contributed by atoms with Crippen molar-refractivity contribution < 1.29 is 13.5 Å². The number of aromatic nitrogens is 1. The highest BCUT2D eigenvalue weighted by Crippen LogP contribution is 2.13. The van der Waals surface area contributed by atoms with Gasteiger partial charge in [0.1, 0.15) is 10.7 Å². The lowest BCUT2D eigenvalue weighted by molar-refractivity contribution is 0.192. The second kappa shape index (κ2) is 7.53. The molecule has 0 aliphatic carbocycles. The van der Waals surface area contributed by atoms with E-state index in [1.54, 1.807) is 13.0 Å². The van der Waals surface area contributed by atoms with Crippen LogP contribution < -0.4 is 10.6 Å². The van der Waals surface area contributed by atoms with Crippen LogP contribution in [0.5, 0.6) is 0 Å². The van der Waals surface area contributed by atoms with Crippen LogP contribution in [0.2, 0.25) is 0 Å². The monoisotopic (exact) mass is 302 g/mol. The summed E-state index contributed by atoms with van der Waals surface area (Å²) in [4.78, 5) is 4.23. The van der Waals surface area contributed by atoms with Crippen molar-refractivity contribution in [1.29, 1.82) is 0 Å². The molecule has 3 N–H and O–H groups in total. The topological polar surface area (TPSA) is 94.6 Å². The van der Waals surface area contributed by atoms with Crippen LogP contribution in [0.3, 0.4) is 0 Å². The minimum Gasteiger partial charge on any atom is -0.392 e. The third kappa shape index (κ3) is 5.04. The van der Waals surface area contributed by atoms with E-state index >= 15 is 0 Å². The Kier molecular flexibility index (Phi) is 6.34. The Morgan fingerprint density at radius 2 is 2.05 bits per heavy atom. The quantitative estimate of drug-likeness (QED) is 0.572. The Morgan fingerprint density at radius 3 is 2.55 bits per heavy atom. The molecular formula is C12H22N4O3S. The third-order valence-electron chi connectivity index (χ3n) is 2.56. The number of aliphatic hydroxyl groups excluding tert-OH is 1. The van der Waals surface area contributed by atoms with E-state index in [9.17, 15) is 8.42 Å². The van der Waals surface area contributed by atoms with Gasteiger partial charge in [0.2, 0.25) is 10.0 Å². The highest BCUT2D eigenvalue weighted by molar-refractivity contribution is 7.89. The molecule has 0 amide bonds. The van der Waals surface area contributed by atoms with Crippen LogP contribution in [0.25, 0.3) is 0 Å². The van der Waals surface area contributed by atoms with E-state index in [0.717, 1.165) is 4.31 Å². The molecular weight excluding hydrogens is 280 g/mol. The first-order valence-electron chi connectivity index (χ1n) is 6.35. The Hall–Kier alpha value is -1.22. The zero-order valence-electron chi connectivity index (χ0n) is 12.0. The molecule has 1 rings (SSSR count). The second-order valence-electron chi connectivity index (χ2n) is 4.65. The van der Waals surface area contributed by atoms with Crippen molar-refractivity contribution in [2.24, 2.45) is 0 Å². The summed E-state index contributed by atoms with van der Waals surface area (Å²) in [7, 11) is -0.466. The van der Waals surface area contributed by atoms with Crippen LogP contribution in [-0.4, -0.2) is 62.6 Å². The van der Waals surface area contributed by atoms with Crippen molar-refractivity contribution >= 4 is 15.8 Å². The molecule has 0 aliphatic rings. The van der Waals surface area contributed by atoms with Gasteiger partial charge < -0.3 is 15.7 Å². The number of rotatable bonds is 8. The Balaban J connectivity index is 2.48. The van der Waals surface area contributed by atoms with Crippen molar-refractivity contribution in [3.05, 3.63) is 18.3 Å². The lowest BCUT2D eigenvalue weighted by Crippen LogP contribution is -2.29. The molecule has 0 spiro atoms. The van der Waals surface area contributed by atoms with Gasteiger partial charge in [-0.25, -0.2) is 17.7 Å². The molecule has 7 nitrogen and oxygen atoms in total. The molecule has 1 aromatic rings. The number of pyridine rings is 1. The van der Waals surface area contributed by atoms with E-state index < -0.39 is 10.0 Å². The Bertz CT molecular complexity index is 500.